The van der Waals surface area contributed by atoms with E-state index >= 15 is 0 Å². The Kier molecular flexibility index (Phi) is 4.53. The molecule has 0 spiro atoms. The van der Waals surface area contributed by atoms with Gasteiger partial charge in [-0.2, -0.15) is 0 Å². The fraction of sp³-hybridized carbons (Fsp3) is 0.333. The maximum Gasteiger partial charge on any atom is 0.124 e. The summed E-state index contributed by atoms with van der Waals surface area (Å²) >= 11 is 0. The molecule has 0 saturated carbocycles. The summed E-state index contributed by atoms with van der Waals surface area (Å²) in [4.78, 5) is 0. The molecule has 0 aromatic heterocycles. The third kappa shape index (κ3) is 3.43. The zero-order valence-corrected chi connectivity index (χ0v) is 12.0. The van der Waals surface area contributed by atoms with Crippen molar-refractivity contribution in [3.8, 4) is 5.75 Å². The number of hydrogen-bond donors (Lipinski definition) is 2. The van der Waals surface area contributed by atoms with Crippen LogP contribution in [0.25, 0.3) is 0 Å². The first-order chi connectivity index (χ1) is 10.4. The van der Waals surface area contributed by atoms with Crippen LogP contribution in [0, 0.1) is 0 Å². The summed E-state index contributed by atoms with van der Waals surface area (Å²) in [5.41, 5.74) is 2.43. The second-order valence-electron chi connectivity index (χ2n) is 5.46. The minimum Gasteiger partial charge on any atom is -0.493 e. The van der Waals surface area contributed by atoms with Crippen molar-refractivity contribution in [3.05, 3.63) is 65.7 Å². The van der Waals surface area contributed by atoms with Crippen molar-refractivity contribution < 1.29 is 9.84 Å². The molecule has 21 heavy (non-hydrogen) atoms. The second-order valence-corrected chi connectivity index (χ2v) is 5.46. The molecule has 0 fully saturated rings. The first kappa shape index (κ1) is 14.1. The fourth-order valence-corrected chi connectivity index (χ4v) is 2.87. The monoisotopic (exact) mass is 283 g/mol. The second kappa shape index (κ2) is 6.74. The Labute approximate surface area is 125 Å². The Hall–Kier alpha value is -1.84. The number of benzene rings is 2. The molecule has 3 rings (SSSR count). The van der Waals surface area contributed by atoms with E-state index in [0.717, 1.165) is 25.2 Å². The van der Waals surface area contributed by atoms with Gasteiger partial charge in [0.05, 0.1) is 13.2 Å². The number of aliphatic hydroxyl groups excluding tert-OH is 1. The van der Waals surface area contributed by atoms with E-state index in [1.54, 1.807) is 0 Å². The number of nitrogens with one attached hydrogen (secondary N) is 1. The number of fused-ring (bicyclic) bond motifs is 1. The van der Waals surface area contributed by atoms with E-state index in [9.17, 15) is 5.11 Å². The van der Waals surface area contributed by atoms with Gasteiger partial charge in [-0.05, 0) is 18.1 Å². The predicted octanol–water partition coefficient (Wildman–Crippen LogP) is 2.70. The van der Waals surface area contributed by atoms with Crippen LogP contribution in [-0.4, -0.2) is 24.4 Å². The lowest BCUT2D eigenvalue weighted by molar-refractivity contribution is 0.202. The van der Waals surface area contributed by atoms with Gasteiger partial charge < -0.3 is 15.2 Å². The average Bonchev–Trinajstić information content (AvgIpc) is 2.55. The highest BCUT2D eigenvalue weighted by Crippen LogP contribution is 2.31. The molecule has 1 aliphatic heterocycles. The summed E-state index contributed by atoms with van der Waals surface area (Å²) < 4.78 is 5.68. The third-order valence-corrected chi connectivity index (χ3v) is 3.94. The number of ether oxygens (including phenoxy) is 1. The van der Waals surface area contributed by atoms with E-state index in [-0.39, 0.29) is 18.7 Å². The van der Waals surface area contributed by atoms with Crippen LogP contribution >= 0.6 is 0 Å². The molecule has 2 aromatic carbocycles. The molecule has 110 valence electrons. The van der Waals surface area contributed by atoms with Crippen LogP contribution in [-0.2, 0) is 6.42 Å². The van der Waals surface area contributed by atoms with E-state index < -0.39 is 0 Å². The van der Waals surface area contributed by atoms with Crippen LogP contribution in [0.5, 0.6) is 5.75 Å². The number of rotatable bonds is 5. The molecule has 2 N–H and O–H groups in total. The number of hydrogen-bond acceptors (Lipinski definition) is 3. The van der Waals surface area contributed by atoms with Gasteiger partial charge in [-0.25, -0.2) is 0 Å². The quantitative estimate of drug-likeness (QED) is 0.886. The summed E-state index contributed by atoms with van der Waals surface area (Å²) in [6.45, 7) is 0.854. The Morgan fingerprint density at radius 1 is 1.10 bits per heavy atom. The van der Waals surface area contributed by atoms with Gasteiger partial charge in [-0.3, -0.25) is 0 Å². The van der Waals surface area contributed by atoms with Crippen molar-refractivity contribution in [3.63, 3.8) is 0 Å². The van der Waals surface area contributed by atoms with Gasteiger partial charge in [0.25, 0.3) is 0 Å². The fourth-order valence-electron chi connectivity index (χ4n) is 2.87. The van der Waals surface area contributed by atoms with Crippen molar-refractivity contribution in [2.75, 3.05) is 13.2 Å². The van der Waals surface area contributed by atoms with Crippen molar-refractivity contribution in [2.45, 2.75) is 24.9 Å². The zero-order chi connectivity index (χ0) is 14.5. The van der Waals surface area contributed by atoms with Crippen LogP contribution < -0.4 is 10.1 Å². The van der Waals surface area contributed by atoms with Gasteiger partial charge in [-0.15, -0.1) is 0 Å². The Morgan fingerprint density at radius 2 is 1.86 bits per heavy atom. The molecular formula is C18H21NO2. The first-order valence-corrected chi connectivity index (χ1v) is 7.49. The average molecular weight is 283 g/mol. The lowest BCUT2D eigenvalue weighted by Crippen LogP contribution is -2.39. The van der Waals surface area contributed by atoms with Crippen molar-refractivity contribution in [2.24, 2.45) is 0 Å². The van der Waals surface area contributed by atoms with Crippen molar-refractivity contribution >= 4 is 0 Å². The summed E-state index contributed by atoms with van der Waals surface area (Å²) in [6.07, 6.45) is 1.76. The Bertz CT molecular complexity index is 570. The normalized spacial score (nSPS) is 18.6. The first-order valence-electron chi connectivity index (χ1n) is 7.49. The van der Waals surface area contributed by atoms with E-state index in [4.69, 9.17) is 4.74 Å². The molecule has 0 amide bonds. The van der Waals surface area contributed by atoms with E-state index in [1.165, 1.54) is 11.1 Å². The molecule has 2 unspecified atom stereocenters. The van der Waals surface area contributed by atoms with Gasteiger partial charge in [0.1, 0.15) is 5.75 Å². The predicted molar refractivity (Wildman–Crippen MR) is 83.5 cm³/mol. The molecule has 1 aliphatic rings. The molecule has 0 radical (unpaired) electrons. The van der Waals surface area contributed by atoms with Gasteiger partial charge in [0.15, 0.2) is 0 Å². The van der Waals surface area contributed by atoms with Crippen molar-refractivity contribution in [1.29, 1.82) is 0 Å². The highest BCUT2D eigenvalue weighted by Gasteiger charge is 2.23. The van der Waals surface area contributed by atoms with E-state index in [2.05, 4.69) is 23.5 Å². The third-order valence-electron chi connectivity index (χ3n) is 3.94. The maximum absolute atomic E-state index is 9.67. The summed E-state index contributed by atoms with van der Waals surface area (Å²) in [5, 5.41) is 13.3. The van der Waals surface area contributed by atoms with Crippen LogP contribution in [0.15, 0.2) is 54.6 Å². The molecule has 0 saturated heterocycles. The van der Waals surface area contributed by atoms with E-state index in [0.29, 0.717) is 0 Å². The van der Waals surface area contributed by atoms with Crippen LogP contribution in [0.4, 0.5) is 0 Å². The largest absolute Gasteiger partial charge is 0.493 e. The van der Waals surface area contributed by atoms with Crippen LogP contribution in [0.3, 0.4) is 0 Å². The van der Waals surface area contributed by atoms with Crippen LogP contribution in [0.2, 0.25) is 0 Å². The Morgan fingerprint density at radius 3 is 2.67 bits per heavy atom. The molecule has 1 heterocycles. The number of aliphatic hydroxyl groups is 1. The van der Waals surface area contributed by atoms with Crippen LogP contribution in [0.1, 0.15) is 23.6 Å². The zero-order valence-electron chi connectivity index (χ0n) is 12.0. The summed E-state index contributed by atoms with van der Waals surface area (Å²) in [6, 6.07) is 18.7. The number of para-hydroxylation sites is 1. The van der Waals surface area contributed by atoms with Gasteiger partial charge >= 0.3 is 0 Å². The lowest BCUT2D eigenvalue weighted by Gasteiger charge is -2.30. The Balaban J connectivity index is 1.70. The van der Waals surface area contributed by atoms with Crippen molar-refractivity contribution in [1.82, 2.24) is 5.32 Å². The SMILES string of the molecule is OCC(Cc1ccccc1)NC1CCOc2ccccc21. The summed E-state index contributed by atoms with van der Waals surface area (Å²) in [7, 11) is 0. The van der Waals surface area contributed by atoms with Gasteiger partial charge in [-0.1, -0.05) is 48.5 Å². The van der Waals surface area contributed by atoms with E-state index in [1.807, 2.05) is 36.4 Å². The van der Waals surface area contributed by atoms with Gasteiger partial charge in [0, 0.05) is 24.1 Å². The lowest BCUT2D eigenvalue weighted by atomic mass is 9.98. The summed E-state index contributed by atoms with van der Waals surface area (Å²) in [5.74, 6) is 0.956. The molecule has 2 atom stereocenters. The molecule has 2 aromatic rings. The molecule has 0 bridgehead atoms. The van der Waals surface area contributed by atoms with Gasteiger partial charge in [0.2, 0.25) is 0 Å². The highest BCUT2D eigenvalue weighted by atomic mass is 16.5. The molecule has 3 heteroatoms. The molecule has 3 nitrogen and oxygen atoms in total. The molecule has 0 aliphatic carbocycles. The maximum atomic E-state index is 9.67. The standard InChI is InChI=1S/C18H21NO2/c20-13-15(12-14-6-2-1-3-7-14)19-17-10-11-21-18-9-5-4-8-16(17)18/h1-9,15,17,19-20H,10-13H2. The molecular weight excluding hydrogens is 262 g/mol. The smallest absolute Gasteiger partial charge is 0.124 e. The minimum absolute atomic E-state index is 0.0588. The topological polar surface area (TPSA) is 41.5 Å². The highest BCUT2D eigenvalue weighted by molar-refractivity contribution is 5.37. The minimum atomic E-state index is 0.0588.